The topological polar surface area (TPSA) is 26.3 Å². The number of carbonyl (C=O) groups excluding carboxylic acids is 1. The smallest absolute Gasteiger partial charge is 0.384 e. The number of ether oxygens (including phenoxy) is 1. The van der Waals surface area contributed by atoms with E-state index in [2.05, 4.69) is 18.4 Å². The number of esters is 1. The van der Waals surface area contributed by atoms with Gasteiger partial charge in [-0.1, -0.05) is 36.8 Å². The van der Waals surface area contributed by atoms with E-state index in [4.69, 9.17) is 4.74 Å². The van der Waals surface area contributed by atoms with Gasteiger partial charge in [0.1, 0.15) is 0 Å². The zero-order chi connectivity index (χ0) is 11.1. The van der Waals surface area contributed by atoms with Crippen molar-refractivity contribution in [2.75, 3.05) is 6.61 Å². The molecule has 0 saturated carbocycles. The lowest BCUT2D eigenvalue weighted by Crippen LogP contribution is -1.99. The third kappa shape index (κ3) is 3.32. The Labute approximate surface area is 89.6 Å². The van der Waals surface area contributed by atoms with Crippen molar-refractivity contribution in [3.63, 3.8) is 0 Å². The summed E-state index contributed by atoms with van der Waals surface area (Å²) >= 11 is 0. The number of rotatable bonds is 2. The molecule has 0 atom stereocenters. The normalized spacial score (nSPS) is 8.60. The molecular formula is C13H12O2. The molecule has 76 valence electrons. The highest BCUT2D eigenvalue weighted by Crippen LogP contribution is 2.07. The van der Waals surface area contributed by atoms with Crippen molar-refractivity contribution in [3.05, 3.63) is 42.0 Å². The van der Waals surface area contributed by atoms with Gasteiger partial charge in [0.25, 0.3) is 0 Å². The molecule has 1 aromatic rings. The largest absolute Gasteiger partial charge is 0.456 e. The third-order valence-corrected chi connectivity index (χ3v) is 1.76. The van der Waals surface area contributed by atoms with Crippen LogP contribution in [0.15, 0.2) is 30.8 Å². The molecule has 2 heteroatoms. The Balaban J connectivity index is 2.88. The minimum Gasteiger partial charge on any atom is -0.456 e. The van der Waals surface area contributed by atoms with Gasteiger partial charge >= 0.3 is 5.97 Å². The fourth-order valence-electron chi connectivity index (χ4n) is 1.07. The molecule has 1 rings (SSSR count). The van der Waals surface area contributed by atoms with E-state index in [1.807, 2.05) is 24.3 Å². The summed E-state index contributed by atoms with van der Waals surface area (Å²) < 4.78 is 4.70. The zero-order valence-corrected chi connectivity index (χ0v) is 8.62. The first-order valence-corrected chi connectivity index (χ1v) is 4.68. The van der Waals surface area contributed by atoms with Crippen LogP contribution in [0.5, 0.6) is 0 Å². The highest BCUT2D eigenvalue weighted by Gasteiger charge is 1.95. The number of benzene rings is 1. The van der Waals surface area contributed by atoms with E-state index in [0.29, 0.717) is 6.61 Å². The number of carbonyl (C=O) groups is 1. The number of hydrogen-bond donors (Lipinski definition) is 0. The molecule has 15 heavy (non-hydrogen) atoms. The minimum absolute atomic E-state index is 0.344. The van der Waals surface area contributed by atoms with Gasteiger partial charge in [0.2, 0.25) is 0 Å². The van der Waals surface area contributed by atoms with Crippen LogP contribution in [0.25, 0.3) is 6.08 Å². The molecule has 0 heterocycles. The van der Waals surface area contributed by atoms with Gasteiger partial charge in [0.15, 0.2) is 0 Å². The summed E-state index contributed by atoms with van der Waals surface area (Å²) in [4.78, 5) is 11.0. The van der Waals surface area contributed by atoms with Crippen LogP contribution in [-0.2, 0) is 9.53 Å². The fourth-order valence-corrected chi connectivity index (χ4v) is 1.07. The second kappa shape index (κ2) is 5.66. The maximum atomic E-state index is 11.0. The van der Waals surface area contributed by atoms with Crippen LogP contribution in [0.3, 0.4) is 0 Å². The van der Waals surface area contributed by atoms with Crippen molar-refractivity contribution >= 4 is 12.0 Å². The Morgan fingerprint density at radius 2 is 2.27 bits per heavy atom. The summed E-state index contributed by atoms with van der Waals surface area (Å²) in [5.74, 6) is 4.67. The molecule has 0 spiro atoms. The SMILES string of the molecule is C=Cc1ccccc1C#CC(=O)OCC. The van der Waals surface area contributed by atoms with Gasteiger partial charge in [-0.25, -0.2) is 4.79 Å². The molecule has 0 unspecified atom stereocenters. The van der Waals surface area contributed by atoms with E-state index in [0.717, 1.165) is 11.1 Å². The average Bonchev–Trinajstić information content (AvgIpc) is 2.27. The van der Waals surface area contributed by atoms with Crippen molar-refractivity contribution in [2.24, 2.45) is 0 Å². The molecular weight excluding hydrogens is 188 g/mol. The first-order chi connectivity index (χ1) is 7.27. The minimum atomic E-state index is -0.503. The summed E-state index contributed by atoms with van der Waals surface area (Å²) in [6.45, 7) is 5.76. The quantitative estimate of drug-likeness (QED) is 0.540. The molecule has 0 aliphatic carbocycles. The first kappa shape index (κ1) is 11.1. The van der Waals surface area contributed by atoms with Gasteiger partial charge in [0.05, 0.1) is 6.61 Å². The van der Waals surface area contributed by atoms with Crippen molar-refractivity contribution in [1.29, 1.82) is 0 Å². The fraction of sp³-hybridized carbons (Fsp3) is 0.154. The lowest BCUT2D eigenvalue weighted by Gasteiger charge is -1.96. The van der Waals surface area contributed by atoms with Crippen molar-refractivity contribution < 1.29 is 9.53 Å². The van der Waals surface area contributed by atoms with E-state index in [9.17, 15) is 4.79 Å². The predicted molar refractivity (Wildman–Crippen MR) is 60.0 cm³/mol. The molecule has 0 aliphatic heterocycles. The molecule has 0 aromatic heterocycles. The maximum Gasteiger partial charge on any atom is 0.384 e. The second-order valence-electron chi connectivity index (χ2n) is 2.76. The lowest BCUT2D eigenvalue weighted by molar-refractivity contribution is -0.136. The molecule has 0 fully saturated rings. The van der Waals surface area contributed by atoms with Gasteiger partial charge in [-0.15, -0.1) is 0 Å². The average molecular weight is 200 g/mol. The Hall–Kier alpha value is -2.01. The summed E-state index contributed by atoms with van der Waals surface area (Å²) in [6, 6.07) is 7.49. The zero-order valence-electron chi connectivity index (χ0n) is 8.62. The van der Waals surface area contributed by atoms with Crippen LogP contribution in [0.4, 0.5) is 0 Å². The van der Waals surface area contributed by atoms with Crippen molar-refractivity contribution in [3.8, 4) is 11.8 Å². The van der Waals surface area contributed by atoms with Crippen LogP contribution in [0.1, 0.15) is 18.1 Å². The summed E-state index contributed by atoms with van der Waals surface area (Å²) in [5.41, 5.74) is 1.69. The Morgan fingerprint density at radius 1 is 1.53 bits per heavy atom. The lowest BCUT2D eigenvalue weighted by atomic mass is 10.1. The van der Waals surface area contributed by atoms with Gasteiger partial charge in [-0.05, 0) is 18.6 Å². The molecule has 0 saturated heterocycles. The van der Waals surface area contributed by atoms with E-state index in [1.54, 1.807) is 13.0 Å². The third-order valence-electron chi connectivity index (χ3n) is 1.76. The van der Waals surface area contributed by atoms with Crippen LogP contribution in [-0.4, -0.2) is 12.6 Å². The van der Waals surface area contributed by atoms with Gasteiger partial charge < -0.3 is 4.74 Å². The standard InChI is InChI=1S/C13H12O2/c1-3-11-7-5-6-8-12(11)9-10-13(14)15-4-2/h3,5-8H,1,4H2,2H3. The summed E-state index contributed by atoms with van der Waals surface area (Å²) in [7, 11) is 0. The highest BCUT2D eigenvalue weighted by molar-refractivity contribution is 5.89. The predicted octanol–water partition coefficient (Wildman–Crippen LogP) is 2.24. The van der Waals surface area contributed by atoms with Gasteiger partial charge in [-0.3, -0.25) is 0 Å². The van der Waals surface area contributed by atoms with E-state index >= 15 is 0 Å². The first-order valence-electron chi connectivity index (χ1n) is 4.68. The van der Waals surface area contributed by atoms with Crippen LogP contribution >= 0.6 is 0 Å². The summed E-state index contributed by atoms with van der Waals surface area (Å²) in [6.07, 6.45) is 1.70. The molecule has 0 radical (unpaired) electrons. The molecule has 1 aromatic carbocycles. The van der Waals surface area contributed by atoms with Gasteiger partial charge in [-0.2, -0.15) is 0 Å². The molecule has 0 N–H and O–H groups in total. The monoisotopic (exact) mass is 200 g/mol. The van der Waals surface area contributed by atoms with E-state index in [1.165, 1.54) is 0 Å². The summed E-state index contributed by atoms with van der Waals surface area (Å²) in [5, 5.41) is 0. The molecule has 2 nitrogen and oxygen atoms in total. The Morgan fingerprint density at radius 3 is 2.93 bits per heavy atom. The number of hydrogen-bond acceptors (Lipinski definition) is 2. The van der Waals surface area contributed by atoms with Crippen LogP contribution in [0, 0.1) is 11.8 Å². The van der Waals surface area contributed by atoms with Crippen molar-refractivity contribution in [2.45, 2.75) is 6.92 Å². The molecule has 0 aliphatic rings. The Bertz CT molecular complexity index is 422. The van der Waals surface area contributed by atoms with Gasteiger partial charge in [0, 0.05) is 11.5 Å². The highest BCUT2D eigenvalue weighted by atomic mass is 16.5. The molecule has 0 bridgehead atoms. The Kier molecular flexibility index (Phi) is 4.18. The maximum absolute atomic E-state index is 11.0. The van der Waals surface area contributed by atoms with Crippen molar-refractivity contribution in [1.82, 2.24) is 0 Å². The van der Waals surface area contributed by atoms with Crippen LogP contribution in [0.2, 0.25) is 0 Å². The van der Waals surface area contributed by atoms with E-state index in [-0.39, 0.29) is 0 Å². The second-order valence-corrected chi connectivity index (χ2v) is 2.76. The van der Waals surface area contributed by atoms with Crippen LogP contribution < -0.4 is 0 Å². The molecule has 0 amide bonds. The van der Waals surface area contributed by atoms with E-state index < -0.39 is 5.97 Å².